The first-order valence-corrected chi connectivity index (χ1v) is 13.4. The minimum Gasteiger partial charge on any atom is -0.480 e. The molecule has 2 atom stereocenters. The van der Waals surface area contributed by atoms with Crippen LogP contribution in [-0.4, -0.2) is 28.8 Å². The number of carbonyl (C=O) groups excluding carboxylic acids is 1. The Morgan fingerprint density at radius 1 is 1.02 bits per heavy atom. The van der Waals surface area contributed by atoms with Gasteiger partial charge in [-0.3, -0.25) is 0 Å². The van der Waals surface area contributed by atoms with Crippen molar-refractivity contribution in [3.05, 3.63) is 114 Å². The molecule has 6 heteroatoms. The van der Waals surface area contributed by atoms with Gasteiger partial charge in [-0.2, -0.15) is 0 Å². The van der Waals surface area contributed by atoms with Gasteiger partial charge in [-0.1, -0.05) is 97.1 Å². The Morgan fingerprint density at radius 2 is 1.75 bits per heavy atom. The molecular weight excluding hydrogens is 502 g/mol. The molecule has 0 saturated carbocycles. The average Bonchev–Trinajstić information content (AvgIpc) is 3.31. The summed E-state index contributed by atoms with van der Waals surface area (Å²) in [5.74, 6) is -1.13. The number of nitrogens with one attached hydrogen (secondary N) is 1. The number of amides is 1. The summed E-state index contributed by atoms with van der Waals surface area (Å²) in [6, 6.07) is 23.2. The number of furan rings is 1. The summed E-state index contributed by atoms with van der Waals surface area (Å²) in [4.78, 5) is 24.3. The summed E-state index contributed by atoms with van der Waals surface area (Å²) >= 11 is 0. The number of allylic oxidation sites excluding steroid dienone is 5. The van der Waals surface area contributed by atoms with E-state index in [1.54, 1.807) is 20.8 Å². The van der Waals surface area contributed by atoms with Gasteiger partial charge in [-0.05, 0) is 50.8 Å². The van der Waals surface area contributed by atoms with Crippen molar-refractivity contribution in [1.29, 1.82) is 0 Å². The number of ether oxygens (including phenoxy) is 1. The van der Waals surface area contributed by atoms with Gasteiger partial charge in [0.1, 0.15) is 22.8 Å². The van der Waals surface area contributed by atoms with Crippen molar-refractivity contribution >= 4 is 39.6 Å². The van der Waals surface area contributed by atoms with Gasteiger partial charge in [-0.15, -0.1) is 0 Å². The third-order valence-corrected chi connectivity index (χ3v) is 7.00. The summed E-state index contributed by atoms with van der Waals surface area (Å²) < 4.78 is 11.7. The van der Waals surface area contributed by atoms with Crippen LogP contribution in [-0.2, 0) is 14.9 Å². The highest BCUT2D eigenvalue weighted by Crippen LogP contribution is 2.45. The summed E-state index contributed by atoms with van der Waals surface area (Å²) in [5.41, 5.74) is 3.54. The number of carboxylic acid groups (broad SMARTS) is 1. The molecule has 1 amide bonds. The van der Waals surface area contributed by atoms with E-state index in [1.807, 2.05) is 60.7 Å². The number of carboxylic acids is 1. The lowest BCUT2D eigenvalue weighted by Gasteiger charge is -2.32. The fraction of sp³-hybridized carbons (Fsp3) is 0.235. The van der Waals surface area contributed by atoms with Crippen LogP contribution in [0, 0.1) is 0 Å². The minimum atomic E-state index is -1.14. The third-order valence-electron chi connectivity index (χ3n) is 7.00. The minimum absolute atomic E-state index is 0.0880. The first-order chi connectivity index (χ1) is 19.2. The van der Waals surface area contributed by atoms with Crippen molar-refractivity contribution in [1.82, 2.24) is 5.32 Å². The monoisotopic (exact) mass is 535 g/mol. The summed E-state index contributed by atoms with van der Waals surface area (Å²) in [6.45, 7) is 5.20. The molecule has 2 N–H and O–H groups in total. The summed E-state index contributed by atoms with van der Waals surface area (Å²) in [5, 5.41) is 14.4. The number of benzene rings is 3. The highest BCUT2D eigenvalue weighted by atomic mass is 16.6. The van der Waals surface area contributed by atoms with Gasteiger partial charge in [0.25, 0.3) is 0 Å². The Balaban J connectivity index is 1.54. The maximum atomic E-state index is 12.3. The van der Waals surface area contributed by atoms with Crippen LogP contribution < -0.4 is 5.32 Å². The zero-order valence-electron chi connectivity index (χ0n) is 22.9. The third kappa shape index (κ3) is 5.71. The highest BCUT2D eigenvalue weighted by molar-refractivity contribution is 6.06. The van der Waals surface area contributed by atoms with Crippen LogP contribution in [0.4, 0.5) is 4.79 Å². The topological polar surface area (TPSA) is 88.8 Å². The second kappa shape index (κ2) is 10.9. The molecule has 5 rings (SSSR count). The molecule has 40 heavy (non-hydrogen) atoms. The number of alkyl carbamates (subject to hydrolysis) is 1. The molecule has 1 aromatic heterocycles. The Bertz CT molecular complexity index is 1640. The van der Waals surface area contributed by atoms with Gasteiger partial charge in [0.2, 0.25) is 0 Å². The number of para-hydroxylation sites is 2. The number of aliphatic carboxylic acids is 1. The molecule has 3 aromatic carbocycles. The van der Waals surface area contributed by atoms with Crippen molar-refractivity contribution in [3.8, 4) is 0 Å². The van der Waals surface area contributed by atoms with E-state index in [0.29, 0.717) is 6.42 Å². The molecule has 204 valence electrons. The first kappa shape index (κ1) is 27.0. The Labute approximate surface area is 233 Å². The number of hydrogen-bond donors (Lipinski definition) is 2. The van der Waals surface area contributed by atoms with Gasteiger partial charge in [0.15, 0.2) is 0 Å². The Morgan fingerprint density at radius 3 is 2.50 bits per heavy atom. The second-order valence-electron chi connectivity index (χ2n) is 11.1. The number of hydrogen-bond acceptors (Lipinski definition) is 4. The SMILES string of the molecule is CC(C)(C)OC(=O)NC(C/C=C/C1(c2cccc3c2oc2ccccc23)C=CC=C(c2ccccc2)C1)C(=O)O. The van der Waals surface area contributed by atoms with Gasteiger partial charge < -0.3 is 19.6 Å². The number of fused-ring (bicyclic) bond motifs is 3. The van der Waals surface area contributed by atoms with Crippen molar-refractivity contribution in [2.75, 3.05) is 0 Å². The smallest absolute Gasteiger partial charge is 0.408 e. The number of carbonyl (C=O) groups is 2. The molecule has 2 unspecified atom stereocenters. The fourth-order valence-corrected chi connectivity index (χ4v) is 5.21. The van der Waals surface area contributed by atoms with Crippen LogP contribution in [0.5, 0.6) is 0 Å². The predicted molar refractivity (Wildman–Crippen MR) is 158 cm³/mol. The summed E-state index contributed by atoms with van der Waals surface area (Å²) in [7, 11) is 0. The molecule has 0 aliphatic heterocycles. The second-order valence-corrected chi connectivity index (χ2v) is 11.1. The lowest BCUT2D eigenvalue weighted by molar-refractivity contribution is -0.139. The van der Waals surface area contributed by atoms with E-state index >= 15 is 0 Å². The van der Waals surface area contributed by atoms with E-state index in [4.69, 9.17) is 9.15 Å². The van der Waals surface area contributed by atoms with Crippen LogP contribution in [0.15, 0.2) is 108 Å². The molecular formula is C34H33NO5. The van der Waals surface area contributed by atoms with E-state index < -0.39 is 29.1 Å². The molecule has 0 bridgehead atoms. The largest absolute Gasteiger partial charge is 0.480 e. The average molecular weight is 536 g/mol. The van der Waals surface area contributed by atoms with E-state index in [-0.39, 0.29) is 6.42 Å². The van der Waals surface area contributed by atoms with E-state index in [9.17, 15) is 14.7 Å². The normalized spacial score (nSPS) is 18.1. The zero-order chi connectivity index (χ0) is 28.3. The maximum absolute atomic E-state index is 12.3. The van der Waals surface area contributed by atoms with E-state index in [0.717, 1.165) is 38.6 Å². The van der Waals surface area contributed by atoms with E-state index in [2.05, 4.69) is 47.8 Å². The highest BCUT2D eigenvalue weighted by Gasteiger charge is 2.33. The number of rotatable bonds is 7. The van der Waals surface area contributed by atoms with Crippen LogP contribution in [0.3, 0.4) is 0 Å². The Hall–Kier alpha value is -4.58. The van der Waals surface area contributed by atoms with Crippen LogP contribution in [0.25, 0.3) is 27.5 Å². The van der Waals surface area contributed by atoms with Crippen LogP contribution in [0.2, 0.25) is 0 Å². The first-order valence-electron chi connectivity index (χ1n) is 13.4. The molecule has 0 fully saturated rings. The molecule has 1 aliphatic rings. The van der Waals surface area contributed by atoms with E-state index in [1.165, 1.54) is 0 Å². The Kier molecular flexibility index (Phi) is 7.35. The van der Waals surface area contributed by atoms with Crippen molar-refractivity contribution < 1.29 is 23.8 Å². The van der Waals surface area contributed by atoms with Crippen molar-refractivity contribution in [3.63, 3.8) is 0 Å². The lowest BCUT2D eigenvalue weighted by Crippen LogP contribution is -2.43. The van der Waals surface area contributed by atoms with Crippen LogP contribution >= 0.6 is 0 Å². The molecule has 1 aliphatic carbocycles. The van der Waals surface area contributed by atoms with Gasteiger partial charge in [-0.25, -0.2) is 9.59 Å². The van der Waals surface area contributed by atoms with Crippen molar-refractivity contribution in [2.24, 2.45) is 0 Å². The predicted octanol–water partition coefficient (Wildman–Crippen LogP) is 7.79. The molecule has 6 nitrogen and oxygen atoms in total. The van der Waals surface area contributed by atoms with Gasteiger partial charge in [0, 0.05) is 21.8 Å². The summed E-state index contributed by atoms with van der Waals surface area (Å²) in [6.07, 6.45) is 10.1. The zero-order valence-corrected chi connectivity index (χ0v) is 22.9. The van der Waals surface area contributed by atoms with Crippen molar-refractivity contribution in [2.45, 2.75) is 50.7 Å². The maximum Gasteiger partial charge on any atom is 0.408 e. The van der Waals surface area contributed by atoms with Crippen LogP contribution in [0.1, 0.15) is 44.7 Å². The molecule has 0 radical (unpaired) electrons. The standard InChI is InChI=1S/C34H33NO5/c1-33(2,3)40-32(38)35-28(31(36)37)18-11-21-34(20-10-14-24(22-34)23-12-5-4-6-13-23)27-17-9-16-26-25-15-7-8-19-29(25)39-30(26)27/h4-17,19-21,28H,18,22H2,1-3H3,(H,35,38)(H,36,37)/b21-11+. The fourth-order valence-electron chi connectivity index (χ4n) is 5.21. The molecule has 1 heterocycles. The van der Waals surface area contributed by atoms with Gasteiger partial charge in [0.05, 0.1) is 0 Å². The lowest BCUT2D eigenvalue weighted by atomic mass is 9.71. The molecule has 4 aromatic rings. The molecule has 0 saturated heterocycles. The molecule has 0 spiro atoms. The van der Waals surface area contributed by atoms with Gasteiger partial charge >= 0.3 is 12.1 Å². The quantitative estimate of drug-likeness (QED) is 0.236.